The van der Waals surface area contributed by atoms with Gasteiger partial charge in [0.1, 0.15) is 18.2 Å². The predicted molar refractivity (Wildman–Crippen MR) is 77.3 cm³/mol. The Morgan fingerprint density at radius 1 is 1.38 bits per heavy atom. The van der Waals surface area contributed by atoms with E-state index in [0.29, 0.717) is 16.9 Å². The van der Waals surface area contributed by atoms with Crippen LogP contribution in [0.3, 0.4) is 0 Å². The van der Waals surface area contributed by atoms with Crippen LogP contribution in [0.25, 0.3) is 0 Å². The molecule has 5 heteroatoms. The molecule has 0 aliphatic heterocycles. The summed E-state index contributed by atoms with van der Waals surface area (Å²) in [4.78, 5) is 16.0. The zero-order valence-corrected chi connectivity index (χ0v) is 11.4. The Morgan fingerprint density at radius 2 is 2.19 bits per heavy atom. The average Bonchev–Trinajstić information content (AvgIpc) is 2.48. The molecule has 0 aliphatic carbocycles. The molecule has 0 radical (unpaired) electrons. The van der Waals surface area contributed by atoms with Gasteiger partial charge >= 0.3 is 0 Å². The maximum Gasteiger partial charge on any atom is 0.256 e. The summed E-state index contributed by atoms with van der Waals surface area (Å²) in [7, 11) is 0. The zero-order valence-electron chi connectivity index (χ0n) is 11.4. The molecule has 0 unspecified atom stereocenters. The molecule has 2 aromatic rings. The molecular formula is C16H13FN2O2. The van der Waals surface area contributed by atoms with Crippen LogP contribution in [-0.4, -0.2) is 22.6 Å². The van der Waals surface area contributed by atoms with Gasteiger partial charge in [-0.2, -0.15) is 0 Å². The molecule has 0 aliphatic rings. The predicted octanol–water partition coefficient (Wildman–Crippen LogP) is 2.13. The van der Waals surface area contributed by atoms with Crippen molar-refractivity contribution >= 4 is 11.7 Å². The van der Waals surface area contributed by atoms with E-state index in [9.17, 15) is 9.18 Å². The first-order valence-corrected chi connectivity index (χ1v) is 6.23. The number of aryl methyl sites for hydroxylation is 1. The lowest BCUT2D eigenvalue weighted by Gasteiger charge is -2.05. The van der Waals surface area contributed by atoms with E-state index in [2.05, 4.69) is 22.1 Å². The molecule has 21 heavy (non-hydrogen) atoms. The number of pyridine rings is 1. The van der Waals surface area contributed by atoms with E-state index in [0.717, 1.165) is 0 Å². The molecule has 0 saturated heterocycles. The van der Waals surface area contributed by atoms with E-state index in [4.69, 9.17) is 5.11 Å². The summed E-state index contributed by atoms with van der Waals surface area (Å²) in [6.07, 6.45) is 1.49. The number of aliphatic hydroxyl groups excluding tert-OH is 1. The third-order valence-electron chi connectivity index (χ3n) is 2.75. The van der Waals surface area contributed by atoms with E-state index >= 15 is 0 Å². The van der Waals surface area contributed by atoms with Gasteiger partial charge in [-0.3, -0.25) is 4.79 Å². The van der Waals surface area contributed by atoms with Gasteiger partial charge in [-0.05, 0) is 36.8 Å². The van der Waals surface area contributed by atoms with Gasteiger partial charge in [0.25, 0.3) is 5.91 Å². The largest absolute Gasteiger partial charge is 0.384 e. The zero-order chi connectivity index (χ0) is 15.2. The fraction of sp³-hybridized carbons (Fsp3) is 0.125. The van der Waals surface area contributed by atoms with Crippen molar-refractivity contribution in [2.24, 2.45) is 0 Å². The normalized spacial score (nSPS) is 9.67. The third kappa shape index (κ3) is 3.88. The number of anilines is 1. The second kappa shape index (κ2) is 6.64. The molecular weight excluding hydrogens is 271 g/mol. The highest BCUT2D eigenvalue weighted by Crippen LogP contribution is 2.12. The number of amides is 1. The van der Waals surface area contributed by atoms with Crippen molar-refractivity contribution in [2.45, 2.75) is 6.92 Å². The van der Waals surface area contributed by atoms with Gasteiger partial charge < -0.3 is 10.4 Å². The number of carbonyl (C=O) groups is 1. The molecule has 4 nitrogen and oxygen atoms in total. The number of nitrogens with one attached hydrogen (secondary N) is 1. The lowest BCUT2D eigenvalue weighted by atomic mass is 10.1. The van der Waals surface area contributed by atoms with Crippen molar-refractivity contribution in [2.75, 3.05) is 11.9 Å². The smallest absolute Gasteiger partial charge is 0.256 e. The second-order valence-corrected chi connectivity index (χ2v) is 4.31. The van der Waals surface area contributed by atoms with Crippen molar-refractivity contribution in [1.29, 1.82) is 0 Å². The Labute approximate surface area is 121 Å². The first-order valence-electron chi connectivity index (χ1n) is 6.23. The number of hydrogen-bond donors (Lipinski definition) is 2. The number of carbonyl (C=O) groups excluding carboxylic acids is 1. The van der Waals surface area contributed by atoms with Gasteiger partial charge in [0.05, 0.1) is 0 Å². The fourth-order valence-corrected chi connectivity index (χ4v) is 1.64. The van der Waals surface area contributed by atoms with Crippen LogP contribution in [0, 0.1) is 24.6 Å². The Balaban J connectivity index is 2.17. The van der Waals surface area contributed by atoms with Gasteiger partial charge in [0, 0.05) is 17.3 Å². The van der Waals surface area contributed by atoms with Crippen molar-refractivity contribution < 1.29 is 14.3 Å². The molecule has 106 valence electrons. The van der Waals surface area contributed by atoms with E-state index in [1.54, 1.807) is 31.2 Å². The minimum absolute atomic E-state index is 0.215. The Hall–Kier alpha value is -2.71. The van der Waals surface area contributed by atoms with Crippen LogP contribution in [0.5, 0.6) is 0 Å². The number of aromatic nitrogens is 1. The van der Waals surface area contributed by atoms with Crippen LogP contribution in [0.4, 0.5) is 10.2 Å². The first kappa shape index (κ1) is 14.7. The van der Waals surface area contributed by atoms with Gasteiger partial charge in [-0.25, -0.2) is 9.37 Å². The lowest BCUT2D eigenvalue weighted by Crippen LogP contribution is -2.13. The van der Waals surface area contributed by atoms with Gasteiger partial charge in [0.15, 0.2) is 0 Å². The highest BCUT2D eigenvalue weighted by Gasteiger charge is 2.09. The minimum Gasteiger partial charge on any atom is -0.384 e. The molecule has 1 aromatic heterocycles. The molecule has 0 saturated carbocycles. The van der Waals surface area contributed by atoms with Gasteiger partial charge in [0.2, 0.25) is 0 Å². The summed E-state index contributed by atoms with van der Waals surface area (Å²) in [5.74, 6) is 4.65. The number of benzene rings is 1. The van der Waals surface area contributed by atoms with E-state index in [1.807, 2.05) is 0 Å². The summed E-state index contributed by atoms with van der Waals surface area (Å²) < 4.78 is 13.4. The monoisotopic (exact) mass is 284 g/mol. The first-order chi connectivity index (χ1) is 10.1. The molecule has 0 atom stereocenters. The number of nitrogens with zero attached hydrogens (tertiary/aromatic N) is 1. The van der Waals surface area contributed by atoms with Crippen molar-refractivity contribution in [3.05, 3.63) is 59.0 Å². The van der Waals surface area contributed by atoms with E-state index in [1.165, 1.54) is 12.3 Å². The fourth-order valence-electron chi connectivity index (χ4n) is 1.64. The molecule has 0 fully saturated rings. The Morgan fingerprint density at radius 3 is 2.90 bits per heavy atom. The molecule has 2 N–H and O–H groups in total. The number of rotatable bonds is 2. The maximum atomic E-state index is 13.4. The summed E-state index contributed by atoms with van der Waals surface area (Å²) in [5.41, 5.74) is 1.31. The number of hydrogen-bond acceptors (Lipinski definition) is 3. The van der Waals surface area contributed by atoms with E-state index < -0.39 is 11.7 Å². The van der Waals surface area contributed by atoms with Crippen molar-refractivity contribution in [1.82, 2.24) is 4.98 Å². The topological polar surface area (TPSA) is 62.2 Å². The molecule has 1 aromatic carbocycles. The molecule has 0 bridgehead atoms. The summed E-state index contributed by atoms with van der Waals surface area (Å²) >= 11 is 0. The van der Waals surface area contributed by atoms with Crippen LogP contribution in [0.2, 0.25) is 0 Å². The molecule has 0 spiro atoms. The van der Waals surface area contributed by atoms with Gasteiger partial charge in [-0.15, -0.1) is 0 Å². The highest BCUT2D eigenvalue weighted by atomic mass is 19.1. The van der Waals surface area contributed by atoms with E-state index in [-0.39, 0.29) is 12.2 Å². The second-order valence-electron chi connectivity index (χ2n) is 4.31. The van der Waals surface area contributed by atoms with Gasteiger partial charge in [-0.1, -0.05) is 17.9 Å². The minimum atomic E-state index is -0.450. The van der Waals surface area contributed by atoms with Crippen LogP contribution < -0.4 is 5.32 Å². The molecule has 1 heterocycles. The molecule has 2 rings (SSSR count). The highest BCUT2D eigenvalue weighted by molar-refractivity contribution is 6.03. The van der Waals surface area contributed by atoms with Crippen LogP contribution in [0.1, 0.15) is 21.5 Å². The summed E-state index contributed by atoms with van der Waals surface area (Å²) in [5, 5.41) is 11.2. The number of halogens is 1. The molecule has 1 amide bonds. The Bertz CT molecular complexity index is 733. The van der Waals surface area contributed by atoms with Crippen LogP contribution in [0.15, 0.2) is 36.5 Å². The standard InChI is InChI=1S/C16H13FN2O2/c1-11-4-5-13(10-14(11)17)16(21)19-15-9-12(3-2-8-20)6-7-18-15/h4-7,9-10,20H,8H2,1H3,(H,18,19,21). The van der Waals surface area contributed by atoms with Crippen LogP contribution in [-0.2, 0) is 0 Å². The Kier molecular flexibility index (Phi) is 4.64. The SMILES string of the molecule is Cc1ccc(C(=O)Nc2cc(C#CCO)ccn2)cc1F. The average molecular weight is 284 g/mol. The quantitative estimate of drug-likeness (QED) is 0.830. The summed E-state index contributed by atoms with van der Waals surface area (Å²) in [6, 6.07) is 7.50. The van der Waals surface area contributed by atoms with Crippen molar-refractivity contribution in [3.63, 3.8) is 0 Å². The lowest BCUT2D eigenvalue weighted by molar-refractivity contribution is 0.102. The van der Waals surface area contributed by atoms with Crippen molar-refractivity contribution in [3.8, 4) is 11.8 Å². The maximum absolute atomic E-state index is 13.4. The van der Waals surface area contributed by atoms with Crippen LogP contribution >= 0.6 is 0 Å². The third-order valence-corrected chi connectivity index (χ3v) is 2.75. The number of aliphatic hydroxyl groups is 1. The summed E-state index contributed by atoms with van der Waals surface area (Å²) in [6.45, 7) is 1.38.